The number of hydrogen-bond acceptors (Lipinski definition) is 3. The monoisotopic (exact) mass is 306 g/mol. The molecule has 2 atom stereocenters. The Balaban J connectivity index is 3.18. The molecule has 0 aromatic heterocycles. The molecule has 0 heterocycles. The van der Waals surface area contributed by atoms with Gasteiger partial charge in [0.2, 0.25) is 0 Å². The van der Waals surface area contributed by atoms with Crippen molar-refractivity contribution >= 4 is 25.8 Å². The predicted octanol–water partition coefficient (Wildman–Crippen LogP) is 2.27. The predicted molar refractivity (Wildman–Crippen MR) is 68.2 cm³/mol. The summed E-state index contributed by atoms with van der Waals surface area (Å²) in [7, 11) is -3.40. The van der Waals surface area contributed by atoms with E-state index in [1.807, 2.05) is 6.07 Å². The molecule has 0 amide bonds. The molecular weight excluding hydrogens is 292 g/mol. The van der Waals surface area contributed by atoms with Crippen molar-refractivity contribution in [3.8, 4) is 0 Å². The molecule has 1 aromatic carbocycles. The number of hydrogen-bond donors (Lipinski definition) is 1. The van der Waals surface area contributed by atoms with Gasteiger partial charge in [0, 0.05) is 6.26 Å². The molecule has 3 nitrogen and oxygen atoms in total. The van der Waals surface area contributed by atoms with Crippen LogP contribution in [0.1, 0.15) is 25.0 Å². The van der Waals surface area contributed by atoms with Crippen LogP contribution in [-0.2, 0) is 9.84 Å². The molecule has 0 fully saturated rings. The van der Waals surface area contributed by atoms with E-state index < -0.39 is 19.6 Å². The van der Waals surface area contributed by atoms with Crippen molar-refractivity contribution in [2.75, 3.05) is 6.26 Å². The van der Waals surface area contributed by atoms with Crippen molar-refractivity contribution in [1.29, 1.82) is 0 Å². The molecule has 5 heteroatoms. The summed E-state index contributed by atoms with van der Waals surface area (Å²) in [5, 5.41) is 10.1. The highest BCUT2D eigenvalue weighted by Gasteiger charge is 2.44. The number of sulfone groups is 1. The third-order valence-corrected chi connectivity index (χ3v) is 7.13. The van der Waals surface area contributed by atoms with Gasteiger partial charge in [0.05, 0.1) is 0 Å². The van der Waals surface area contributed by atoms with Gasteiger partial charge in [-0.25, -0.2) is 8.42 Å². The molecule has 16 heavy (non-hydrogen) atoms. The summed E-state index contributed by atoms with van der Waals surface area (Å²) < 4.78 is 22.1. The molecule has 1 aromatic rings. The van der Waals surface area contributed by atoms with E-state index in [9.17, 15) is 13.5 Å². The summed E-state index contributed by atoms with van der Waals surface area (Å²) in [5.41, 5.74) is 0.589. The van der Waals surface area contributed by atoms with Crippen molar-refractivity contribution in [1.82, 2.24) is 0 Å². The van der Waals surface area contributed by atoms with Gasteiger partial charge in [0.1, 0.15) is 6.10 Å². The molecule has 0 aliphatic rings. The van der Waals surface area contributed by atoms with Gasteiger partial charge in [0.25, 0.3) is 0 Å². The summed E-state index contributed by atoms with van der Waals surface area (Å²) >= 11 is 3.17. The molecule has 0 radical (unpaired) electrons. The Hall–Kier alpha value is -0.390. The minimum atomic E-state index is -3.40. The van der Waals surface area contributed by atoms with Crippen LogP contribution in [0.4, 0.5) is 0 Å². The van der Waals surface area contributed by atoms with Gasteiger partial charge >= 0.3 is 0 Å². The van der Waals surface area contributed by atoms with Crippen LogP contribution >= 0.6 is 15.9 Å². The van der Waals surface area contributed by atoms with Gasteiger partial charge in [-0.15, -0.1) is 0 Å². The first-order valence-electron chi connectivity index (χ1n) is 4.94. The fraction of sp³-hybridized carbons (Fsp3) is 0.455. The van der Waals surface area contributed by atoms with E-state index in [-0.39, 0.29) is 0 Å². The molecule has 0 spiro atoms. The van der Waals surface area contributed by atoms with Gasteiger partial charge < -0.3 is 5.11 Å². The zero-order valence-corrected chi connectivity index (χ0v) is 11.6. The van der Waals surface area contributed by atoms with Gasteiger partial charge in [-0.1, -0.05) is 53.2 Å². The highest BCUT2D eigenvalue weighted by Crippen LogP contribution is 2.40. The summed E-state index contributed by atoms with van der Waals surface area (Å²) in [6.45, 7) is 1.72. The van der Waals surface area contributed by atoms with E-state index in [0.29, 0.717) is 12.0 Å². The van der Waals surface area contributed by atoms with E-state index in [0.717, 1.165) is 6.26 Å². The van der Waals surface area contributed by atoms with Crippen LogP contribution in [0.5, 0.6) is 0 Å². The minimum absolute atomic E-state index is 0.294. The molecule has 0 bridgehead atoms. The fourth-order valence-electron chi connectivity index (χ4n) is 1.54. The molecule has 90 valence electrons. The largest absolute Gasteiger partial charge is 0.386 e. The lowest BCUT2D eigenvalue weighted by atomic mass is 10.1. The number of alkyl halides is 1. The summed E-state index contributed by atoms with van der Waals surface area (Å²) in [4.78, 5) is 0. The average Bonchev–Trinajstić information content (AvgIpc) is 2.26. The van der Waals surface area contributed by atoms with E-state index in [1.54, 1.807) is 31.2 Å². The molecule has 1 N–H and O–H groups in total. The first kappa shape index (κ1) is 13.7. The Kier molecular flexibility index (Phi) is 4.15. The van der Waals surface area contributed by atoms with Crippen LogP contribution in [0, 0.1) is 0 Å². The van der Waals surface area contributed by atoms with E-state index >= 15 is 0 Å². The second-order valence-electron chi connectivity index (χ2n) is 3.73. The number of benzene rings is 1. The quantitative estimate of drug-likeness (QED) is 0.868. The van der Waals surface area contributed by atoms with Crippen LogP contribution in [0.2, 0.25) is 0 Å². The van der Waals surface area contributed by atoms with Crippen LogP contribution < -0.4 is 0 Å². The highest BCUT2D eigenvalue weighted by atomic mass is 79.9. The average molecular weight is 307 g/mol. The van der Waals surface area contributed by atoms with E-state index in [1.165, 1.54) is 0 Å². The van der Waals surface area contributed by atoms with Crippen molar-refractivity contribution < 1.29 is 13.5 Å². The summed E-state index contributed by atoms with van der Waals surface area (Å²) in [6, 6.07) is 8.77. The van der Waals surface area contributed by atoms with Gasteiger partial charge in [0.15, 0.2) is 13.5 Å². The van der Waals surface area contributed by atoms with E-state index in [2.05, 4.69) is 15.9 Å². The zero-order chi connectivity index (χ0) is 12.4. The van der Waals surface area contributed by atoms with Crippen molar-refractivity contribution in [2.45, 2.75) is 23.1 Å². The zero-order valence-electron chi connectivity index (χ0n) is 9.22. The topological polar surface area (TPSA) is 54.4 Å². The Labute approximate surface area is 105 Å². The molecule has 0 saturated heterocycles. The van der Waals surface area contributed by atoms with Crippen molar-refractivity contribution in [3.63, 3.8) is 0 Å². The Morgan fingerprint density at radius 1 is 1.38 bits per heavy atom. The molecular formula is C11H15BrO3S. The second-order valence-corrected chi connectivity index (χ2v) is 7.94. The lowest BCUT2D eigenvalue weighted by Crippen LogP contribution is -2.37. The standard InChI is InChI=1S/C11H15BrO3S/c1-3-11(12,16(2,14)15)10(13)9-7-5-4-6-8-9/h4-8,10,13H,3H2,1-2H3/t10-,11+/m1/s1. The van der Waals surface area contributed by atoms with Crippen LogP contribution in [0.25, 0.3) is 0 Å². The van der Waals surface area contributed by atoms with Gasteiger partial charge in [-0.2, -0.15) is 0 Å². The Bertz CT molecular complexity index is 444. The van der Waals surface area contributed by atoms with Crippen LogP contribution in [-0.4, -0.2) is 23.4 Å². The summed E-state index contributed by atoms with van der Waals surface area (Å²) in [5.74, 6) is 0. The van der Waals surface area contributed by atoms with E-state index in [4.69, 9.17) is 0 Å². The van der Waals surface area contributed by atoms with Crippen LogP contribution in [0.15, 0.2) is 30.3 Å². The SMILES string of the molecule is CC[C@@](Br)([C@H](O)c1ccccc1)S(C)(=O)=O. The van der Waals surface area contributed by atoms with Crippen molar-refractivity contribution in [2.24, 2.45) is 0 Å². The van der Waals surface area contributed by atoms with Crippen LogP contribution in [0.3, 0.4) is 0 Å². The second kappa shape index (κ2) is 4.85. The molecule has 0 aliphatic heterocycles. The van der Waals surface area contributed by atoms with Crippen molar-refractivity contribution in [3.05, 3.63) is 35.9 Å². The Morgan fingerprint density at radius 3 is 2.25 bits per heavy atom. The third kappa shape index (κ3) is 2.47. The van der Waals surface area contributed by atoms with Gasteiger partial charge in [-0.05, 0) is 12.0 Å². The number of aliphatic hydroxyl groups is 1. The first-order chi connectivity index (χ1) is 7.33. The first-order valence-corrected chi connectivity index (χ1v) is 7.63. The molecule has 1 rings (SSSR count). The molecule has 0 aliphatic carbocycles. The lowest BCUT2D eigenvalue weighted by molar-refractivity contribution is 0.160. The maximum absolute atomic E-state index is 11.7. The molecule has 0 unspecified atom stereocenters. The van der Waals surface area contributed by atoms with Gasteiger partial charge in [-0.3, -0.25) is 0 Å². The summed E-state index contributed by atoms with van der Waals surface area (Å²) in [6.07, 6.45) is 0.341. The fourth-order valence-corrected chi connectivity index (χ4v) is 2.87. The third-order valence-electron chi connectivity index (χ3n) is 2.62. The smallest absolute Gasteiger partial charge is 0.166 e. The maximum atomic E-state index is 11.7. The highest BCUT2D eigenvalue weighted by molar-refractivity contribution is 9.11. The minimum Gasteiger partial charge on any atom is -0.386 e. The Morgan fingerprint density at radius 2 is 1.88 bits per heavy atom. The number of rotatable bonds is 4. The number of aliphatic hydroxyl groups excluding tert-OH is 1. The maximum Gasteiger partial charge on any atom is 0.166 e. The number of halogens is 1. The lowest BCUT2D eigenvalue weighted by Gasteiger charge is -2.29. The molecule has 0 saturated carbocycles. The normalized spacial score (nSPS) is 17.8.